The molecule has 0 aliphatic carbocycles. The van der Waals surface area contributed by atoms with E-state index in [1.807, 2.05) is 60.7 Å². The zero-order valence-corrected chi connectivity index (χ0v) is 10.5. The topological polar surface area (TPSA) is 24.4 Å². The number of hydrogen-bond donors (Lipinski definition) is 1. The van der Waals surface area contributed by atoms with Crippen LogP contribution in [-0.4, -0.2) is 6.21 Å². The first-order valence-electron chi connectivity index (χ1n) is 5.61. The average Bonchev–Trinajstić information content (AvgIpc) is 2.45. The van der Waals surface area contributed by atoms with E-state index in [0.717, 1.165) is 11.4 Å². The molecule has 0 atom stereocenters. The number of rotatable bonds is 4. The number of hydrogen-bond acceptors (Lipinski definition) is 2. The predicted molar refractivity (Wildman–Crippen MR) is 78.6 cm³/mol. The maximum absolute atomic E-state index is 6.03. The number of nitrogens with zero attached hydrogens (tertiary/aromatic N) is 1. The lowest BCUT2D eigenvalue weighted by molar-refractivity contribution is 1.53. The molecule has 0 aromatic heterocycles. The van der Waals surface area contributed by atoms with Gasteiger partial charge in [-0.2, -0.15) is 0 Å². The van der Waals surface area contributed by atoms with Crippen LogP contribution in [0.4, 0.5) is 11.4 Å². The summed E-state index contributed by atoms with van der Waals surface area (Å²) in [5, 5.41) is 3.64. The third-order valence-electron chi connectivity index (χ3n) is 2.24. The minimum absolute atomic E-state index is 0.544. The van der Waals surface area contributed by atoms with Crippen LogP contribution in [0.3, 0.4) is 0 Å². The number of anilines is 1. The lowest BCUT2D eigenvalue weighted by Gasteiger charge is -1.99. The van der Waals surface area contributed by atoms with Crippen LogP contribution in [0.15, 0.2) is 76.9 Å². The molecule has 0 aliphatic heterocycles. The van der Waals surface area contributed by atoms with Crippen LogP contribution in [0.2, 0.25) is 0 Å². The fraction of sp³-hybridized carbons (Fsp3) is 0. The fourth-order valence-electron chi connectivity index (χ4n) is 1.37. The number of para-hydroxylation sites is 2. The predicted octanol–water partition coefficient (Wildman–Crippen LogP) is 4.58. The number of nitrogens with one attached hydrogen (secondary N) is 1. The van der Waals surface area contributed by atoms with Gasteiger partial charge in [-0.1, -0.05) is 48.0 Å². The van der Waals surface area contributed by atoms with Gasteiger partial charge < -0.3 is 5.32 Å². The third kappa shape index (κ3) is 4.07. The molecule has 0 saturated carbocycles. The normalized spacial score (nSPS) is 11.7. The summed E-state index contributed by atoms with van der Waals surface area (Å²) in [6, 6.07) is 19.5. The van der Waals surface area contributed by atoms with Crippen molar-refractivity contribution < 1.29 is 0 Å². The van der Waals surface area contributed by atoms with Gasteiger partial charge in [0.2, 0.25) is 0 Å². The van der Waals surface area contributed by atoms with Gasteiger partial charge in [-0.05, 0) is 24.3 Å². The fourth-order valence-corrected chi connectivity index (χ4v) is 1.48. The Balaban J connectivity index is 1.96. The van der Waals surface area contributed by atoms with Gasteiger partial charge in [-0.15, -0.1) is 0 Å². The van der Waals surface area contributed by atoms with Crippen molar-refractivity contribution >= 4 is 29.2 Å². The number of aliphatic imine (C=N–C) groups is 1. The summed E-state index contributed by atoms with van der Waals surface area (Å²) >= 11 is 6.03. The quantitative estimate of drug-likeness (QED) is 0.796. The number of allylic oxidation sites excluding steroid dienone is 1. The Morgan fingerprint density at radius 1 is 0.944 bits per heavy atom. The van der Waals surface area contributed by atoms with Crippen molar-refractivity contribution in [2.75, 3.05) is 5.32 Å². The third-order valence-corrected chi connectivity index (χ3v) is 2.45. The molecule has 2 aromatic carbocycles. The van der Waals surface area contributed by atoms with E-state index in [4.69, 9.17) is 11.6 Å². The van der Waals surface area contributed by atoms with Gasteiger partial charge >= 0.3 is 0 Å². The van der Waals surface area contributed by atoms with Crippen LogP contribution in [-0.2, 0) is 0 Å². The first-order valence-corrected chi connectivity index (χ1v) is 5.99. The van der Waals surface area contributed by atoms with Crippen molar-refractivity contribution in [1.82, 2.24) is 0 Å². The summed E-state index contributed by atoms with van der Waals surface area (Å²) in [7, 11) is 0. The molecule has 0 bridgehead atoms. The molecule has 2 rings (SSSR count). The van der Waals surface area contributed by atoms with E-state index in [2.05, 4.69) is 10.3 Å². The number of benzene rings is 2. The van der Waals surface area contributed by atoms with Crippen molar-refractivity contribution in [1.29, 1.82) is 0 Å². The minimum Gasteiger partial charge on any atom is -0.360 e. The smallest absolute Gasteiger partial charge is 0.0748 e. The highest BCUT2D eigenvalue weighted by atomic mass is 35.5. The standard InChI is InChI=1S/C15H13ClN2/c16-13(11-17-14-7-3-1-4-8-14)12-18-15-9-5-2-6-10-15/h1-12,17H/b13-11+,18-12+. The average molecular weight is 257 g/mol. The highest BCUT2D eigenvalue weighted by molar-refractivity contribution is 6.39. The Kier molecular flexibility index (Phi) is 4.56. The molecule has 0 saturated heterocycles. The van der Waals surface area contributed by atoms with Crippen LogP contribution < -0.4 is 5.32 Å². The molecule has 0 unspecified atom stereocenters. The molecule has 2 nitrogen and oxygen atoms in total. The zero-order chi connectivity index (χ0) is 12.6. The number of halogens is 1. The van der Waals surface area contributed by atoms with E-state index < -0.39 is 0 Å². The Bertz CT molecular complexity index is 533. The van der Waals surface area contributed by atoms with Crippen molar-refractivity contribution in [3.05, 3.63) is 71.9 Å². The Morgan fingerprint density at radius 2 is 1.56 bits per heavy atom. The summed E-state index contributed by atoms with van der Waals surface area (Å²) in [5.41, 5.74) is 1.87. The van der Waals surface area contributed by atoms with Gasteiger partial charge in [0.05, 0.1) is 10.7 Å². The molecular formula is C15H13ClN2. The van der Waals surface area contributed by atoms with Crippen LogP contribution in [0.5, 0.6) is 0 Å². The van der Waals surface area contributed by atoms with Gasteiger partial charge in [0.25, 0.3) is 0 Å². The summed E-state index contributed by atoms with van der Waals surface area (Å²) in [6.45, 7) is 0. The molecular weight excluding hydrogens is 244 g/mol. The maximum atomic E-state index is 6.03. The van der Waals surface area contributed by atoms with E-state index in [1.165, 1.54) is 0 Å². The summed E-state index contributed by atoms with van der Waals surface area (Å²) in [4.78, 5) is 4.25. The molecule has 0 radical (unpaired) electrons. The van der Waals surface area contributed by atoms with Crippen molar-refractivity contribution in [2.45, 2.75) is 0 Å². The molecule has 0 amide bonds. The molecule has 0 aliphatic rings. The van der Waals surface area contributed by atoms with Gasteiger partial charge in [0, 0.05) is 18.1 Å². The van der Waals surface area contributed by atoms with Gasteiger partial charge in [-0.25, -0.2) is 0 Å². The van der Waals surface area contributed by atoms with E-state index in [0.29, 0.717) is 5.03 Å². The van der Waals surface area contributed by atoms with Crippen LogP contribution in [0, 0.1) is 0 Å². The molecule has 90 valence electrons. The van der Waals surface area contributed by atoms with Gasteiger partial charge in [0.1, 0.15) is 0 Å². The summed E-state index contributed by atoms with van der Waals surface area (Å²) in [6.07, 6.45) is 3.33. The molecule has 3 heteroatoms. The molecule has 0 fully saturated rings. The maximum Gasteiger partial charge on any atom is 0.0748 e. The summed E-state index contributed by atoms with van der Waals surface area (Å²) in [5.74, 6) is 0. The Labute approximate surface area is 112 Å². The first-order chi connectivity index (χ1) is 8.84. The second-order valence-electron chi connectivity index (χ2n) is 3.63. The largest absolute Gasteiger partial charge is 0.360 e. The highest BCUT2D eigenvalue weighted by Crippen LogP contribution is 2.11. The lowest BCUT2D eigenvalue weighted by Crippen LogP contribution is -1.88. The van der Waals surface area contributed by atoms with Crippen molar-refractivity contribution in [3.63, 3.8) is 0 Å². The van der Waals surface area contributed by atoms with Crippen molar-refractivity contribution in [2.24, 2.45) is 4.99 Å². The molecule has 1 N–H and O–H groups in total. The lowest BCUT2D eigenvalue weighted by atomic mass is 10.3. The highest BCUT2D eigenvalue weighted by Gasteiger charge is 1.89. The van der Waals surface area contributed by atoms with Crippen LogP contribution in [0.25, 0.3) is 0 Å². The van der Waals surface area contributed by atoms with E-state index in [1.54, 1.807) is 12.4 Å². The Hall–Kier alpha value is -2.06. The van der Waals surface area contributed by atoms with Crippen molar-refractivity contribution in [3.8, 4) is 0 Å². The molecule has 0 heterocycles. The van der Waals surface area contributed by atoms with E-state index in [9.17, 15) is 0 Å². The van der Waals surface area contributed by atoms with Gasteiger partial charge in [-0.3, -0.25) is 4.99 Å². The molecule has 18 heavy (non-hydrogen) atoms. The van der Waals surface area contributed by atoms with Crippen LogP contribution in [0.1, 0.15) is 0 Å². The monoisotopic (exact) mass is 256 g/mol. The Morgan fingerprint density at radius 3 is 2.22 bits per heavy atom. The second kappa shape index (κ2) is 6.62. The van der Waals surface area contributed by atoms with E-state index in [-0.39, 0.29) is 0 Å². The van der Waals surface area contributed by atoms with Gasteiger partial charge in [0.15, 0.2) is 0 Å². The second-order valence-corrected chi connectivity index (χ2v) is 4.07. The van der Waals surface area contributed by atoms with E-state index >= 15 is 0 Å². The minimum atomic E-state index is 0.544. The zero-order valence-electron chi connectivity index (χ0n) is 9.75. The van der Waals surface area contributed by atoms with Crippen LogP contribution >= 0.6 is 11.6 Å². The summed E-state index contributed by atoms with van der Waals surface area (Å²) < 4.78 is 0. The molecule has 0 spiro atoms. The molecule has 2 aromatic rings. The first kappa shape index (κ1) is 12.4. The SMILES string of the molecule is ClC(/C=N/c1ccccc1)=C/Nc1ccccc1.